The van der Waals surface area contributed by atoms with E-state index in [1.165, 1.54) is 52.3 Å². The lowest BCUT2D eigenvalue weighted by Gasteiger charge is -2.46. The molecule has 4 atom stereocenters. The number of fused-ring (bicyclic) bond motifs is 2. The largest absolute Gasteiger partial charge is 0.456 e. The van der Waals surface area contributed by atoms with Crippen molar-refractivity contribution in [3.8, 4) is 6.07 Å². The van der Waals surface area contributed by atoms with E-state index in [2.05, 4.69) is 11.1 Å². The third-order valence-electron chi connectivity index (χ3n) is 6.73. The van der Waals surface area contributed by atoms with Crippen LogP contribution in [0.1, 0.15) is 30.1 Å². The number of nitro groups is 1. The molecule has 0 unspecified atom stereocenters. The first kappa shape index (κ1) is 24.9. The maximum Gasteiger partial charge on any atom is 0.355 e. The predicted octanol–water partition coefficient (Wildman–Crippen LogP) is 3.21. The molecule has 1 aromatic carbocycles. The molecule has 11 nitrogen and oxygen atoms in total. The van der Waals surface area contributed by atoms with Gasteiger partial charge in [0, 0.05) is 29.8 Å². The highest BCUT2D eigenvalue weighted by Crippen LogP contribution is 2.52. The summed E-state index contributed by atoms with van der Waals surface area (Å²) in [6.45, 7) is 3.32. The number of ether oxygens (including phenoxy) is 1. The van der Waals surface area contributed by atoms with Gasteiger partial charge in [0.05, 0.1) is 27.9 Å². The van der Waals surface area contributed by atoms with Crippen molar-refractivity contribution in [2.75, 3.05) is 6.26 Å². The molecule has 0 saturated carbocycles. The molecule has 1 N–H and O–H groups in total. The second kappa shape index (κ2) is 9.29. The number of benzene rings is 1. The molecular weight excluding hydrogens is 518 g/mol. The van der Waals surface area contributed by atoms with Gasteiger partial charge >= 0.3 is 5.97 Å². The fourth-order valence-corrected chi connectivity index (χ4v) is 6.96. The fraction of sp³-hybridized carbons (Fsp3) is 0.333. The maximum atomic E-state index is 13.4. The van der Waals surface area contributed by atoms with E-state index in [-0.39, 0.29) is 35.6 Å². The molecule has 2 aliphatic heterocycles. The fourth-order valence-electron chi connectivity index (χ4n) is 5.01. The molecule has 0 spiro atoms. The van der Waals surface area contributed by atoms with Crippen molar-refractivity contribution >= 4 is 51.1 Å². The monoisotopic (exact) mass is 539 g/mol. The zero-order valence-corrected chi connectivity index (χ0v) is 21.6. The van der Waals surface area contributed by atoms with Crippen molar-refractivity contribution < 1.29 is 24.4 Å². The highest BCUT2D eigenvalue weighted by atomic mass is 32.2. The summed E-state index contributed by atoms with van der Waals surface area (Å²) >= 11 is 2.77. The smallest absolute Gasteiger partial charge is 0.355 e. The summed E-state index contributed by atoms with van der Waals surface area (Å²) in [6, 6.07) is 7.33. The lowest BCUT2D eigenvalue weighted by Crippen LogP contribution is -2.63. The van der Waals surface area contributed by atoms with Gasteiger partial charge in [0.2, 0.25) is 11.7 Å². The number of nitriles is 1. The molecular formula is C24H21N5O6S2. The Labute approximate surface area is 219 Å². The zero-order valence-electron chi connectivity index (χ0n) is 19.9. The number of β-lactam (4-membered cyclic amide) rings is 1. The standard InChI is InChI=1S/C24H21N5O6S2/c1-11-17(15-9-27-16(8-25)26-21(36-3)23(27)37-15)20(28-19(11)18(12(2)30)22(28)31)24(32)35-10-13-4-6-14(7-5-13)29(33)34/h4-7,9,11-12,18-19,30H,10H2,1-3H3/t11-,12+,18+,19+/m0/s1. The number of non-ortho nitro benzene ring substituents is 1. The SMILES string of the molecule is CSc1nc(C#N)n2cc(C3=C(C(=O)OCc4ccc([N+](=O)[O-])cc4)N4C(=O)[C@H]([C@@H](C)O)[C@H]4[C@H]3C)sc12. The first-order valence-corrected chi connectivity index (χ1v) is 13.3. The molecule has 5 rings (SSSR count). The van der Waals surface area contributed by atoms with Gasteiger partial charge in [-0.05, 0) is 30.9 Å². The molecule has 37 heavy (non-hydrogen) atoms. The highest BCUT2D eigenvalue weighted by Gasteiger charge is 2.60. The third kappa shape index (κ3) is 3.88. The van der Waals surface area contributed by atoms with Crippen LogP contribution in [0.4, 0.5) is 5.69 Å². The van der Waals surface area contributed by atoms with Crippen LogP contribution < -0.4 is 0 Å². The van der Waals surface area contributed by atoms with Crippen LogP contribution in [0, 0.1) is 33.3 Å². The van der Waals surface area contributed by atoms with Crippen molar-refractivity contribution in [1.29, 1.82) is 5.26 Å². The summed E-state index contributed by atoms with van der Waals surface area (Å²) in [5.41, 5.74) is 1.20. The van der Waals surface area contributed by atoms with Crippen LogP contribution in [0.25, 0.3) is 10.4 Å². The number of amides is 1. The molecule has 13 heteroatoms. The number of nitro benzene ring substituents is 1. The quantitative estimate of drug-likeness (QED) is 0.157. The van der Waals surface area contributed by atoms with Gasteiger partial charge in [-0.2, -0.15) is 5.26 Å². The maximum absolute atomic E-state index is 13.4. The summed E-state index contributed by atoms with van der Waals surface area (Å²) in [6.07, 6.45) is 2.72. The van der Waals surface area contributed by atoms with Crippen LogP contribution >= 0.6 is 23.1 Å². The third-order valence-corrected chi connectivity index (χ3v) is 8.66. The summed E-state index contributed by atoms with van der Waals surface area (Å²) < 4.78 is 7.24. The Kier molecular flexibility index (Phi) is 6.26. The Morgan fingerprint density at radius 3 is 2.70 bits per heavy atom. The number of hydrogen-bond acceptors (Lipinski definition) is 10. The van der Waals surface area contributed by atoms with E-state index < -0.39 is 29.0 Å². The zero-order chi connectivity index (χ0) is 26.6. The molecule has 4 heterocycles. The Balaban J connectivity index is 1.53. The van der Waals surface area contributed by atoms with Crippen LogP contribution in [0.5, 0.6) is 0 Å². The van der Waals surface area contributed by atoms with Gasteiger partial charge in [0.15, 0.2) is 0 Å². The van der Waals surface area contributed by atoms with Gasteiger partial charge in [-0.15, -0.1) is 23.1 Å². The number of hydrogen-bond donors (Lipinski definition) is 1. The summed E-state index contributed by atoms with van der Waals surface area (Å²) in [4.78, 5) is 44.0. The number of thioether (sulfide) groups is 1. The first-order chi connectivity index (χ1) is 17.7. The minimum absolute atomic E-state index is 0.0761. The molecule has 0 bridgehead atoms. The van der Waals surface area contributed by atoms with E-state index in [1.807, 2.05) is 13.2 Å². The molecule has 1 fully saturated rings. The minimum atomic E-state index is -0.885. The Bertz CT molecular complexity index is 1520. The average Bonchev–Trinajstić information content (AvgIpc) is 3.50. The lowest BCUT2D eigenvalue weighted by atomic mass is 9.77. The molecule has 1 amide bonds. The summed E-state index contributed by atoms with van der Waals surface area (Å²) in [5, 5.41) is 31.3. The number of nitrogens with zero attached hydrogens (tertiary/aromatic N) is 5. The van der Waals surface area contributed by atoms with Crippen molar-refractivity contribution in [2.45, 2.75) is 37.6 Å². The average molecular weight is 540 g/mol. The van der Waals surface area contributed by atoms with Gasteiger partial charge < -0.3 is 14.7 Å². The predicted molar refractivity (Wildman–Crippen MR) is 134 cm³/mol. The summed E-state index contributed by atoms with van der Waals surface area (Å²) in [7, 11) is 0. The molecule has 190 valence electrons. The molecule has 0 aliphatic carbocycles. The number of imidazole rings is 1. The molecule has 0 radical (unpaired) electrons. The topological polar surface area (TPSA) is 151 Å². The molecule has 3 aromatic rings. The Hall–Kier alpha value is -3.73. The van der Waals surface area contributed by atoms with Crippen LogP contribution in [-0.4, -0.2) is 54.6 Å². The van der Waals surface area contributed by atoms with Gasteiger partial charge in [0.1, 0.15) is 28.2 Å². The number of carbonyl (C=O) groups is 2. The van der Waals surface area contributed by atoms with E-state index in [0.29, 0.717) is 21.0 Å². The number of aromatic nitrogens is 2. The van der Waals surface area contributed by atoms with Crippen LogP contribution in [-0.2, 0) is 20.9 Å². The van der Waals surface area contributed by atoms with E-state index in [9.17, 15) is 30.1 Å². The van der Waals surface area contributed by atoms with E-state index >= 15 is 0 Å². The second-order valence-corrected chi connectivity index (χ2v) is 10.7. The van der Waals surface area contributed by atoms with Crippen molar-refractivity contribution in [1.82, 2.24) is 14.3 Å². The van der Waals surface area contributed by atoms with Crippen LogP contribution in [0.2, 0.25) is 0 Å². The number of aliphatic hydroxyl groups excluding tert-OH is 1. The van der Waals surface area contributed by atoms with Crippen LogP contribution in [0.15, 0.2) is 41.2 Å². The lowest BCUT2D eigenvalue weighted by molar-refractivity contribution is -0.384. The Morgan fingerprint density at radius 1 is 1.41 bits per heavy atom. The van der Waals surface area contributed by atoms with Gasteiger partial charge in [0.25, 0.3) is 5.69 Å². The van der Waals surface area contributed by atoms with E-state index in [1.54, 1.807) is 17.5 Å². The van der Waals surface area contributed by atoms with Crippen molar-refractivity contribution in [3.05, 3.63) is 62.5 Å². The number of aliphatic hydroxyl groups is 1. The van der Waals surface area contributed by atoms with Crippen LogP contribution in [0.3, 0.4) is 0 Å². The summed E-state index contributed by atoms with van der Waals surface area (Å²) in [5.74, 6) is -1.76. The van der Waals surface area contributed by atoms with Gasteiger partial charge in [-0.25, -0.2) is 9.78 Å². The van der Waals surface area contributed by atoms with Crippen molar-refractivity contribution in [3.63, 3.8) is 0 Å². The second-order valence-electron chi connectivity index (χ2n) is 8.84. The highest BCUT2D eigenvalue weighted by molar-refractivity contribution is 7.98. The van der Waals surface area contributed by atoms with E-state index in [4.69, 9.17) is 4.74 Å². The Morgan fingerprint density at radius 2 is 2.11 bits per heavy atom. The molecule has 1 saturated heterocycles. The normalized spacial score (nSPS) is 21.5. The minimum Gasteiger partial charge on any atom is -0.456 e. The van der Waals surface area contributed by atoms with Crippen molar-refractivity contribution in [2.24, 2.45) is 11.8 Å². The number of rotatable bonds is 7. The van der Waals surface area contributed by atoms with E-state index in [0.717, 1.165) is 4.83 Å². The van der Waals surface area contributed by atoms with Gasteiger partial charge in [-0.3, -0.25) is 19.3 Å². The number of esters is 1. The first-order valence-electron chi connectivity index (χ1n) is 11.3. The number of thiazole rings is 1. The van der Waals surface area contributed by atoms with Gasteiger partial charge in [-0.1, -0.05) is 6.92 Å². The molecule has 2 aliphatic rings. The molecule has 2 aromatic heterocycles. The number of carbonyl (C=O) groups excluding carboxylic acids is 2.